The molecule has 26 nitrogen and oxygen atoms in total. The van der Waals surface area contributed by atoms with E-state index in [0.717, 1.165) is 35.7 Å². The molecular formula is C50H75N15O11S2. The number of hydrogen-bond acceptors (Lipinski definition) is 14. The number of benzene rings is 1. The lowest BCUT2D eigenvalue weighted by Gasteiger charge is -2.37. The van der Waals surface area contributed by atoms with Crippen LogP contribution in [0.15, 0.2) is 35.5 Å². The van der Waals surface area contributed by atoms with Gasteiger partial charge >= 0.3 is 0 Å². The van der Waals surface area contributed by atoms with Gasteiger partial charge in [0, 0.05) is 60.0 Å². The Morgan fingerprint density at radius 2 is 1.51 bits per heavy atom. The van der Waals surface area contributed by atoms with Crippen molar-refractivity contribution >= 4 is 103 Å². The summed E-state index contributed by atoms with van der Waals surface area (Å²) in [6.45, 7) is 3.14. The van der Waals surface area contributed by atoms with Crippen molar-refractivity contribution in [2.75, 3.05) is 25.4 Å². The van der Waals surface area contributed by atoms with Gasteiger partial charge in [-0.15, -0.1) is 0 Å². The summed E-state index contributed by atoms with van der Waals surface area (Å²) in [6, 6.07) is -2.17. The molecule has 3 aliphatic rings. The van der Waals surface area contributed by atoms with Gasteiger partial charge in [-0.05, 0) is 62.5 Å². The number of para-hydroxylation sites is 1. The van der Waals surface area contributed by atoms with E-state index in [2.05, 4.69) is 47.2 Å². The zero-order valence-electron chi connectivity index (χ0n) is 44.0. The summed E-state index contributed by atoms with van der Waals surface area (Å²) in [7, 11) is 2.54. The normalized spacial score (nSPS) is 23.5. The molecule has 3 fully saturated rings. The first-order chi connectivity index (χ1) is 37.1. The van der Waals surface area contributed by atoms with E-state index in [1.165, 1.54) is 26.5 Å². The number of hydrogen-bond donors (Lipinski definition) is 13. The second-order valence-corrected chi connectivity index (χ2v) is 22.9. The second-order valence-electron chi connectivity index (χ2n) is 20.1. The fourth-order valence-electron chi connectivity index (χ4n) is 9.72. The summed E-state index contributed by atoms with van der Waals surface area (Å²) >= 11 is 0. The molecule has 0 radical (unpaired) electrons. The molecular weight excluding hydrogens is 1050 g/mol. The molecule has 1 aromatic carbocycles. The molecule has 8 atom stereocenters. The number of nitrogens with zero attached hydrogens (tertiary/aromatic N) is 2. The van der Waals surface area contributed by atoms with E-state index in [1.54, 1.807) is 20.0 Å². The van der Waals surface area contributed by atoms with Gasteiger partial charge < -0.3 is 75.8 Å². The van der Waals surface area contributed by atoms with Crippen molar-refractivity contribution in [1.29, 1.82) is 0 Å². The summed E-state index contributed by atoms with van der Waals surface area (Å²) in [4.78, 5) is 159. The van der Waals surface area contributed by atoms with Crippen LogP contribution in [0, 0.1) is 5.92 Å². The molecule has 3 heterocycles. The maximum absolute atomic E-state index is 14.9. The van der Waals surface area contributed by atoms with Crippen LogP contribution in [0.2, 0.25) is 0 Å². The third kappa shape index (κ3) is 18.3. The van der Waals surface area contributed by atoms with Crippen molar-refractivity contribution in [3.63, 3.8) is 0 Å². The predicted octanol–water partition coefficient (Wildman–Crippen LogP) is -2.06. The fourth-order valence-corrected chi connectivity index (χ4v) is 13.1. The Morgan fingerprint density at radius 1 is 0.821 bits per heavy atom. The van der Waals surface area contributed by atoms with Crippen molar-refractivity contribution in [1.82, 2.24) is 47.1 Å². The number of carbonyl (C=O) groups is 11. The van der Waals surface area contributed by atoms with Crippen molar-refractivity contribution in [2.24, 2.45) is 39.6 Å². The van der Waals surface area contributed by atoms with Gasteiger partial charge in [0.1, 0.15) is 42.3 Å². The van der Waals surface area contributed by atoms with E-state index < -0.39 is 137 Å². The third-order valence-corrected chi connectivity index (χ3v) is 17.4. The molecule has 5 rings (SSSR count). The lowest BCUT2D eigenvalue weighted by molar-refractivity contribution is -0.142. The van der Waals surface area contributed by atoms with Gasteiger partial charge in [-0.1, -0.05) is 79.3 Å². The highest BCUT2D eigenvalue weighted by molar-refractivity contribution is 8.77. The average molecular weight is 1130 g/mol. The SMILES string of the molecule is CC[C@H](C)[C@@H]1NC(=O)[C@@H](Cc2c[nH]c3ccccc23)NC(=O)CC2(CCCCC2)SSC[C@@H](C(=O)N2CCC[C@H]2C(=O)N[C@@H](CCCN=C(N)N)C(=O)NCC(N)=O)NC(=O)[C@@H](CC(N)=O)NC(=O)[C@H](CCC(N)=O)NC1=O. The Morgan fingerprint density at radius 3 is 2.19 bits per heavy atom. The number of fused-ring (bicyclic) bond motifs is 1. The molecule has 1 saturated carbocycles. The summed E-state index contributed by atoms with van der Waals surface area (Å²) in [5.74, 6) is -9.80. The largest absolute Gasteiger partial charge is 0.370 e. The van der Waals surface area contributed by atoms with Crippen LogP contribution in [-0.4, -0.2) is 153 Å². The minimum absolute atomic E-state index is 0.0243. The van der Waals surface area contributed by atoms with Gasteiger partial charge in [0.25, 0.3) is 0 Å². The highest BCUT2D eigenvalue weighted by atomic mass is 33.1. The molecule has 0 bridgehead atoms. The molecule has 2 saturated heterocycles. The van der Waals surface area contributed by atoms with Crippen LogP contribution in [0.4, 0.5) is 0 Å². The number of amides is 11. The lowest BCUT2D eigenvalue weighted by atomic mass is 9.85. The summed E-state index contributed by atoms with van der Waals surface area (Å²) in [5.41, 5.74) is 28.8. The van der Waals surface area contributed by atoms with Gasteiger partial charge in [-0.3, -0.25) is 57.7 Å². The van der Waals surface area contributed by atoms with Crippen LogP contribution in [0.5, 0.6) is 0 Å². The van der Waals surface area contributed by atoms with E-state index in [1.807, 2.05) is 24.3 Å². The summed E-state index contributed by atoms with van der Waals surface area (Å²) in [5, 5.41) is 19.4. The number of aromatic nitrogens is 1. The number of H-pyrrole nitrogens is 1. The number of primary amides is 3. The number of aliphatic imine (C=N–C) groups is 1. The number of nitrogens with one attached hydrogen (secondary N) is 8. The first kappa shape index (κ1) is 61.7. The van der Waals surface area contributed by atoms with Gasteiger partial charge in [-0.25, -0.2) is 0 Å². The molecule has 28 heteroatoms. The van der Waals surface area contributed by atoms with Crippen LogP contribution in [0.25, 0.3) is 10.9 Å². The average Bonchev–Trinajstić information content (AvgIpc) is 4.07. The molecule has 18 N–H and O–H groups in total. The molecule has 78 heavy (non-hydrogen) atoms. The number of nitrogens with two attached hydrogens (primary N) is 5. The van der Waals surface area contributed by atoms with Gasteiger partial charge in [-0.2, -0.15) is 0 Å². The van der Waals surface area contributed by atoms with Crippen LogP contribution in [-0.2, 0) is 59.2 Å². The Balaban J connectivity index is 1.53. The topological polar surface area (TPSA) is 433 Å². The molecule has 428 valence electrons. The Bertz CT molecular complexity index is 2550. The molecule has 1 spiro atoms. The zero-order valence-corrected chi connectivity index (χ0v) is 45.7. The van der Waals surface area contributed by atoms with E-state index in [9.17, 15) is 52.7 Å². The minimum atomic E-state index is -1.75. The van der Waals surface area contributed by atoms with Gasteiger partial charge in [0.05, 0.1) is 13.0 Å². The van der Waals surface area contributed by atoms with Crippen LogP contribution < -0.4 is 65.9 Å². The third-order valence-electron chi connectivity index (χ3n) is 14.1. The van der Waals surface area contributed by atoms with Crippen molar-refractivity contribution < 1.29 is 52.7 Å². The van der Waals surface area contributed by atoms with Crippen LogP contribution in [0.1, 0.15) is 109 Å². The van der Waals surface area contributed by atoms with Crippen LogP contribution in [0.3, 0.4) is 0 Å². The van der Waals surface area contributed by atoms with Crippen molar-refractivity contribution in [2.45, 2.75) is 157 Å². The maximum atomic E-state index is 14.9. The molecule has 11 amide bonds. The summed E-state index contributed by atoms with van der Waals surface area (Å²) in [6.07, 6.45) is 4.84. The number of aromatic amines is 1. The first-order valence-corrected chi connectivity index (χ1v) is 28.6. The number of rotatable bonds is 19. The van der Waals surface area contributed by atoms with Crippen LogP contribution >= 0.6 is 21.6 Å². The fraction of sp³-hybridized carbons (Fsp3) is 0.600. The van der Waals surface area contributed by atoms with E-state index in [4.69, 9.17) is 28.7 Å². The second kappa shape index (κ2) is 29.6. The molecule has 1 aromatic heterocycles. The Labute approximate surface area is 459 Å². The molecule has 2 aromatic rings. The first-order valence-electron chi connectivity index (χ1n) is 26.3. The number of carbonyl (C=O) groups excluding carboxylic acids is 11. The lowest BCUT2D eigenvalue weighted by Crippen LogP contribution is -2.61. The predicted molar refractivity (Wildman–Crippen MR) is 293 cm³/mol. The zero-order chi connectivity index (χ0) is 57.1. The standard InChI is InChI=1S/C50H75N15O11S2/c1-3-27(2)41-47(75)61-32(15-16-37(51)66)43(71)62-34(22-38(52)67)44(72)63-35(48(76)65-20-10-14-36(65)46(74)60-31(13-9-19-56-49(54)55)42(70)58-25-39(53)68)26-77-78-50(17-7-4-8-18-50)23-40(69)59-33(45(73)64-41)21-28-24-57-30-12-6-5-11-29(28)30/h5-6,11-12,24,27,31-36,41,57H,3-4,7-10,13-23,25-26H2,1-2H3,(H2,51,66)(H2,52,67)(H2,53,68)(H,58,70)(H,59,69)(H,60,74)(H,61,75)(H,62,71)(H,63,72)(H,64,73)(H4,54,55,56)/t27-,31-,32-,33+,34+,35-,36-,41-/m0/s1. The Hall–Kier alpha value is -7.10. The minimum Gasteiger partial charge on any atom is -0.370 e. The smallest absolute Gasteiger partial charge is 0.246 e. The number of likely N-dealkylation sites (tertiary alicyclic amines) is 1. The van der Waals surface area contributed by atoms with Crippen molar-refractivity contribution in [3.05, 3.63) is 36.0 Å². The van der Waals surface area contributed by atoms with Gasteiger partial charge in [0.15, 0.2) is 5.96 Å². The molecule has 2 aliphatic heterocycles. The summed E-state index contributed by atoms with van der Waals surface area (Å²) < 4.78 is -0.726. The van der Waals surface area contributed by atoms with E-state index in [-0.39, 0.29) is 63.3 Å². The van der Waals surface area contributed by atoms with E-state index >= 15 is 0 Å². The quantitative estimate of drug-likeness (QED) is 0.0311. The highest BCUT2D eigenvalue weighted by Crippen LogP contribution is 2.48. The Kier molecular flexibility index (Phi) is 23.4. The molecule has 1 aliphatic carbocycles. The maximum Gasteiger partial charge on any atom is 0.246 e. The van der Waals surface area contributed by atoms with E-state index in [0.29, 0.717) is 25.7 Å². The highest BCUT2D eigenvalue weighted by Gasteiger charge is 2.42. The number of guanidine groups is 1. The van der Waals surface area contributed by atoms with Gasteiger partial charge in [0.2, 0.25) is 65.0 Å². The monoisotopic (exact) mass is 1130 g/mol. The molecule has 0 unspecified atom stereocenters. The van der Waals surface area contributed by atoms with Crippen molar-refractivity contribution in [3.8, 4) is 0 Å².